The molecule has 0 amide bonds. The molecule has 0 spiro atoms. The maximum Gasteiger partial charge on any atom is 0.335 e. The summed E-state index contributed by atoms with van der Waals surface area (Å²) in [6.07, 6.45) is 0.688. The van der Waals surface area contributed by atoms with E-state index < -0.39 is 21.8 Å². The smallest absolute Gasteiger partial charge is 0.335 e. The molecule has 144 valence electrons. The maximum atomic E-state index is 13.1. The molecule has 27 heavy (non-hydrogen) atoms. The van der Waals surface area contributed by atoms with Crippen LogP contribution in [0.5, 0.6) is 0 Å². The molecule has 0 saturated carbocycles. The summed E-state index contributed by atoms with van der Waals surface area (Å²) < 4.78 is 40.0. The average Bonchev–Trinajstić information content (AvgIpc) is 2.89. The molecule has 1 saturated heterocycles. The van der Waals surface area contributed by atoms with Crippen LogP contribution in [-0.2, 0) is 16.6 Å². The van der Waals surface area contributed by atoms with Gasteiger partial charge in [0.1, 0.15) is 5.82 Å². The van der Waals surface area contributed by atoms with E-state index in [2.05, 4.69) is 4.90 Å². The van der Waals surface area contributed by atoms with E-state index in [1.54, 1.807) is 24.3 Å². The van der Waals surface area contributed by atoms with Crippen LogP contribution in [0.1, 0.15) is 22.3 Å². The third kappa shape index (κ3) is 4.71. The molecular weight excluding hydrogens is 371 g/mol. The van der Waals surface area contributed by atoms with E-state index in [-0.39, 0.29) is 10.5 Å². The summed E-state index contributed by atoms with van der Waals surface area (Å²) in [4.78, 5) is 13.2. The highest BCUT2D eigenvalue weighted by Crippen LogP contribution is 2.19. The Morgan fingerprint density at radius 1 is 0.963 bits per heavy atom. The summed E-state index contributed by atoms with van der Waals surface area (Å²) >= 11 is 0. The van der Waals surface area contributed by atoms with E-state index in [1.807, 2.05) is 0 Å². The normalized spacial score (nSPS) is 16.8. The van der Waals surface area contributed by atoms with Crippen LogP contribution >= 0.6 is 0 Å². The Hall–Kier alpha value is -2.29. The standard InChI is InChI=1S/C19H21FN2O4S/c20-17-6-8-18(9-7-17)27(25,26)22-11-1-10-21(12-13-22)14-15-2-4-16(5-3-15)19(23)24/h2-9H,1,10-14H2,(H,23,24). The predicted molar refractivity (Wildman–Crippen MR) is 98.5 cm³/mol. The van der Waals surface area contributed by atoms with Gasteiger partial charge in [0.25, 0.3) is 0 Å². The fourth-order valence-corrected chi connectivity index (χ4v) is 4.58. The van der Waals surface area contributed by atoms with E-state index in [4.69, 9.17) is 5.11 Å². The van der Waals surface area contributed by atoms with E-state index >= 15 is 0 Å². The van der Waals surface area contributed by atoms with Gasteiger partial charge >= 0.3 is 5.97 Å². The van der Waals surface area contributed by atoms with Gasteiger partial charge in [-0.3, -0.25) is 4.90 Å². The third-order valence-corrected chi connectivity index (χ3v) is 6.52. The first-order valence-electron chi connectivity index (χ1n) is 8.66. The second kappa shape index (κ2) is 8.16. The number of hydrogen-bond donors (Lipinski definition) is 1. The molecule has 1 N–H and O–H groups in total. The summed E-state index contributed by atoms with van der Waals surface area (Å²) in [6, 6.07) is 11.6. The molecule has 0 aromatic heterocycles. The molecule has 2 aromatic rings. The number of carbonyl (C=O) groups is 1. The Morgan fingerprint density at radius 2 is 1.63 bits per heavy atom. The van der Waals surface area contributed by atoms with Crippen LogP contribution in [0.3, 0.4) is 0 Å². The number of halogens is 1. The van der Waals surface area contributed by atoms with Crippen molar-refractivity contribution in [2.24, 2.45) is 0 Å². The lowest BCUT2D eigenvalue weighted by Crippen LogP contribution is -2.35. The molecule has 0 radical (unpaired) electrons. The van der Waals surface area contributed by atoms with Crippen molar-refractivity contribution < 1.29 is 22.7 Å². The fourth-order valence-electron chi connectivity index (χ4n) is 3.11. The lowest BCUT2D eigenvalue weighted by Gasteiger charge is -2.22. The number of nitrogens with zero attached hydrogens (tertiary/aromatic N) is 2. The van der Waals surface area contributed by atoms with Crippen molar-refractivity contribution in [1.29, 1.82) is 0 Å². The van der Waals surface area contributed by atoms with Gasteiger partial charge in [-0.25, -0.2) is 17.6 Å². The third-order valence-electron chi connectivity index (χ3n) is 4.61. The molecule has 8 heteroatoms. The van der Waals surface area contributed by atoms with Crippen LogP contribution in [0.4, 0.5) is 4.39 Å². The molecule has 3 rings (SSSR count). The molecular formula is C19H21FN2O4S. The molecule has 0 unspecified atom stereocenters. The predicted octanol–water partition coefficient (Wildman–Crippen LogP) is 2.42. The molecule has 1 aliphatic rings. The van der Waals surface area contributed by atoms with Gasteiger partial charge in [-0.15, -0.1) is 0 Å². The van der Waals surface area contributed by atoms with Crippen LogP contribution in [0.2, 0.25) is 0 Å². The van der Waals surface area contributed by atoms with Crippen LogP contribution in [-0.4, -0.2) is 54.9 Å². The van der Waals surface area contributed by atoms with Crippen molar-refractivity contribution in [1.82, 2.24) is 9.21 Å². The topological polar surface area (TPSA) is 77.9 Å². The Bertz CT molecular complexity index is 898. The first-order chi connectivity index (χ1) is 12.9. The summed E-state index contributed by atoms with van der Waals surface area (Å²) in [7, 11) is -3.64. The van der Waals surface area contributed by atoms with Gasteiger partial charge in [0, 0.05) is 26.2 Å². The number of hydrogen-bond acceptors (Lipinski definition) is 4. The molecule has 2 aromatic carbocycles. The number of aromatic carboxylic acids is 1. The van der Waals surface area contributed by atoms with Gasteiger partial charge in [0.15, 0.2) is 0 Å². The van der Waals surface area contributed by atoms with E-state index in [0.717, 1.165) is 24.2 Å². The number of benzene rings is 2. The molecule has 0 bridgehead atoms. The zero-order valence-electron chi connectivity index (χ0n) is 14.7. The maximum absolute atomic E-state index is 13.1. The number of sulfonamides is 1. The van der Waals surface area contributed by atoms with Crippen LogP contribution in [0.25, 0.3) is 0 Å². The Balaban J connectivity index is 1.64. The quantitative estimate of drug-likeness (QED) is 0.846. The molecule has 0 aliphatic carbocycles. The molecule has 0 atom stereocenters. The monoisotopic (exact) mass is 392 g/mol. The van der Waals surface area contributed by atoms with Crippen molar-refractivity contribution in [3.63, 3.8) is 0 Å². The first-order valence-corrected chi connectivity index (χ1v) is 10.1. The van der Waals surface area contributed by atoms with Gasteiger partial charge in [0.2, 0.25) is 10.0 Å². The van der Waals surface area contributed by atoms with Gasteiger partial charge in [-0.05, 0) is 54.9 Å². The minimum Gasteiger partial charge on any atom is -0.478 e. The Labute approximate surface area is 157 Å². The van der Waals surface area contributed by atoms with Gasteiger partial charge in [0.05, 0.1) is 10.5 Å². The fraction of sp³-hybridized carbons (Fsp3) is 0.316. The highest BCUT2D eigenvalue weighted by atomic mass is 32.2. The zero-order valence-corrected chi connectivity index (χ0v) is 15.5. The zero-order chi connectivity index (χ0) is 19.4. The highest BCUT2D eigenvalue weighted by Gasteiger charge is 2.26. The van der Waals surface area contributed by atoms with Crippen molar-refractivity contribution in [3.05, 3.63) is 65.5 Å². The van der Waals surface area contributed by atoms with Crippen molar-refractivity contribution in [2.45, 2.75) is 17.9 Å². The van der Waals surface area contributed by atoms with Crippen molar-refractivity contribution >= 4 is 16.0 Å². The summed E-state index contributed by atoms with van der Waals surface area (Å²) in [5.74, 6) is -1.43. The van der Waals surface area contributed by atoms with Crippen LogP contribution < -0.4 is 0 Å². The summed E-state index contributed by atoms with van der Waals surface area (Å²) in [6.45, 7) is 2.71. The molecule has 1 aliphatic heterocycles. The van der Waals surface area contributed by atoms with E-state index in [9.17, 15) is 17.6 Å². The van der Waals surface area contributed by atoms with Gasteiger partial charge in [-0.1, -0.05) is 12.1 Å². The lowest BCUT2D eigenvalue weighted by molar-refractivity contribution is 0.0697. The van der Waals surface area contributed by atoms with E-state index in [0.29, 0.717) is 32.6 Å². The minimum atomic E-state index is -3.64. The second-order valence-electron chi connectivity index (χ2n) is 6.49. The van der Waals surface area contributed by atoms with Gasteiger partial charge < -0.3 is 5.11 Å². The number of rotatable bonds is 5. The first kappa shape index (κ1) is 19.5. The van der Waals surface area contributed by atoms with E-state index in [1.165, 1.54) is 16.4 Å². The highest BCUT2D eigenvalue weighted by molar-refractivity contribution is 7.89. The minimum absolute atomic E-state index is 0.0987. The number of carboxylic acid groups (broad SMARTS) is 1. The Morgan fingerprint density at radius 3 is 2.26 bits per heavy atom. The molecule has 1 fully saturated rings. The second-order valence-corrected chi connectivity index (χ2v) is 8.43. The van der Waals surface area contributed by atoms with Crippen LogP contribution in [0, 0.1) is 5.82 Å². The van der Waals surface area contributed by atoms with Crippen molar-refractivity contribution in [3.8, 4) is 0 Å². The van der Waals surface area contributed by atoms with Crippen molar-refractivity contribution in [2.75, 3.05) is 26.2 Å². The van der Waals surface area contributed by atoms with Crippen LogP contribution in [0.15, 0.2) is 53.4 Å². The number of carboxylic acids is 1. The molecule has 6 nitrogen and oxygen atoms in total. The largest absolute Gasteiger partial charge is 0.478 e. The van der Waals surface area contributed by atoms with Gasteiger partial charge in [-0.2, -0.15) is 4.31 Å². The molecule has 1 heterocycles. The SMILES string of the molecule is O=C(O)c1ccc(CN2CCCN(S(=O)(=O)c3ccc(F)cc3)CC2)cc1. The Kier molecular flexibility index (Phi) is 5.88. The summed E-state index contributed by atoms with van der Waals surface area (Å²) in [5, 5.41) is 8.96. The lowest BCUT2D eigenvalue weighted by atomic mass is 10.1. The summed E-state index contributed by atoms with van der Waals surface area (Å²) in [5.41, 5.74) is 1.22. The average molecular weight is 392 g/mol.